The minimum Gasteiger partial charge on any atom is -0.359 e. The van der Waals surface area contributed by atoms with Gasteiger partial charge in [0.25, 0.3) is 0 Å². The lowest BCUT2D eigenvalue weighted by atomic mass is 10.3. The molecule has 0 bridgehead atoms. The second-order valence-corrected chi connectivity index (χ2v) is 5.02. The van der Waals surface area contributed by atoms with Gasteiger partial charge in [0, 0.05) is 37.1 Å². The van der Waals surface area contributed by atoms with Gasteiger partial charge in [0.2, 0.25) is 5.13 Å². The van der Waals surface area contributed by atoms with Crippen molar-refractivity contribution in [3.63, 3.8) is 0 Å². The normalized spacial score (nSPS) is 11.4. The molecular weight excluding hydrogens is 220 g/mol. The number of likely N-dealkylation sites (N-methyl/N-ethyl adjacent to an activating group) is 1. The van der Waals surface area contributed by atoms with Gasteiger partial charge in [-0.2, -0.15) is 4.37 Å². The third kappa shape index (κ3) is 4.45. The molecule has 1 heterocycles. The summed E-state index contributed by atoms with van der Waals surface area (Å²) in [5.74, 6) is 0.965. The largest absolute Gasteiger partial charge is 0.359 e. The maximum Gasteiger partial charge on any atom is 0.202 e. The first-order valence-corrected chi connectivity index (χ1v) is 6.67. The molecule has 0 atom stereocenters. The van der Waals surface area contributed by atoms with Crippen LogP contribution in [0.5, 0.6) is 0 Å². The lowest BCUT2D eigenvalue weighted by Gasteiger charge is -2.20. The fourth-order valence-electron chi connectivity index (χ4n) is 1.25. The highest BCUT2D eigenvalue weighted by molar-refractivity contribution is 7.09. The molecule has 1 aromatic heterocycles. The van der Waals surface area contributed by atoms with E-state index in [9.17, 15) is 0 Å². The van der Waals surface area contributed by atoms with Crippen LogP contribution >= 0.6 is 11.5 Å². The van der Waals surface area contributed by atoms with E-state index in [1.54, 1.807) is 0 Å². The molecule has 0 aromatic carbocycles. The zero-order valence-electron chi connectivity index (χ0n) is 10.7. The van der Waals surface area contributed by atoms with Gasteiger partial charge in [-0.15, -0.1) is 0 Å². The highest BCUT2D eigenvalue weighted by Gasteiger charge is 2.04. The molecule has 5 heteroatoms. The molecule has 0 amide bonds. The molecule has 92 valence electrons. The minimum atomic E-state index is 0.590. The molecule has 0 saturated carbocycles. The molecular formula is C11H22N4S. The Morgan fingerprint density at radius 3 is 2.81 bits per heavy atom. The Bertz CT molecular complexity index is 298. The van der Waals surface area contributed by atoms with Gasteiger partial charge >= 0.3 is 0 Å². The predicted octanol–water partition coefficient (Wildman–Crippen LogP) is 2.24. The molecule has 0 aliphatic rings. The van der Waals surface area contributed by atoms with Crippen LogP contribution in [-0.2, 0) is 6.42 Å². The molecule has 0 spiro atoms. The fraction of sp³-hybridized carbons (Fsp3) is 0.818. The van der Waals surface area contributed by atoms with Gasteiger partial charge in [0.1, 0.15) is 5.82 Å². The van der Waals surface area contributed by atoms with E-state index in [2.05, 4.69) is 47.4 Å². The Labute approximate surface area is 102 Å². The van der Waals surface area contributed by atoms with Gasteiger partial charge in [-0.1, -0.05) is 6.92 Å². The topological polar surface area (TPSA) is 41.1 Å². The van der Waals surface area contributed by atoms with E-state index in [1.807, 2.05) is 0 Å². The standard InChI is InChI=1S/C11H22N4S/c1-5-6-10-13-11(16-14-10)12-7-8-15(4)9(2)3/h9H,5-8H2,1-4H3,(H,12,13,14). The number of rotatable bonds is 7. The number of hydrogen-bond donors (Lipinski definition) is 1. The van der Waals surface area contributed by atoms with Gasteiger partial charge < -0.3 is 10.2 Å². The summed E-state index contributed by atoms with van der Waals surface area (Å²) < 4.78 is 4.29. The third-order valence-corrected chi connectivity index (χ3v) is 3.27. The van der Waals surface area contributed by atoms with Crippen LogP contribution in [0.25, 0.3) is 0 Å². The summed E-state index contributed by atoms with van der Waals surface area (Å²) in [6.45, 7) is 8.50. The van der Waals surface area contributed by atoms with Crippen LogP contribution in [0.2, 0.25) is 0 Å². The molecule has 0 fully saturated rings. The average molecular weight is 242 g/mol. The van der Waals surface area contributed by atoms with Crippen LogP contribution in [0.1, 0.15) is 33.0 Å². The first-order valence-electron chi connectivity index (χ1n) is 5.90. The van der Waals surface area contributed by atoms with Crippen LogP contribution in [0, 0.1) is 0 Å². The van der Waals surface area contributed by atoms with Crippen molar-refractivity contribution < 1.29 is 0 Å². The summed E-state index contributed by atoms with van der Waals surface area (Å²) in [5.41, 5.74) is 0. The summed E-state index contributed by atoms with van der Waals surface area (Å²) in [6.07, 6.45) is 2.08. The van der Waals surface area contributed by atoms with Crippen molar-refractivity contribution in [2.24, 2.45) is 0 Å². The van der Waals surface area contributed by atoms with E-state index < -0.39 is 0 Å². The lowest BCUT2D eigenvalue weighted by molar-refractivity contribution is 0.284. The smallest absolute Gasteiger partial charge is 0.202 e. The van der Waals surface area contributed by atoms with Gasteiger partial charge in [0.15, 0.2) is 0 Å². The van der Waals surface area contributed by atoms with Gasteiger partial charge in [-0.05, 0) is 27.3 Å². The quantitative estimate of drug-likeness (QED) is 0.796. The van der Waals surface area contributed by atoms with Crippen molar-refractivity contribution >= 4 is 16.7 Å². The molecule has 0 radical (unpaired) electrons. The maximum absolute atomic E-state index is 4.42. The molecule has 1 N–H and O–H groups in total. The van der Waals surface area contributed by atoms with Crippen molar-refractivity contribution in [3.05, 3.63) is 5.82 Å². The molecule has 0 unspecified atom stereocenters. The Morgan fingerprint density at radius 2 is 2.19 bits per heavy atom. The Hall–Kier alpha value is -0.680. The molecule has 0 aliphatic heterocycles. The van der Waals surface area contributed by atoms with Gasteiger partial charge in [0.05, 0.1) is 0 Å². The van der Waals surface area contributed by atoms with Crippen LogP contribution in [0.15, 0.2) is 0 Å². The summed E-state index contributed by atoms with van der Waals surface area (Å²) in [5, 5.41) is 4.26. The van der Waals surface area contributed by atoms with Crippen molar-refractivity contribution in [3.8, 4) is 0 Å². The molecule has 4 nitrogen and oxygen atoms in total. The molecule has 16 heavy (non-hydrogen) atoms. The van der Waals surface area contributed by atoms with Crippen LogP contribution in [0.3, 0.4) is 0 Å². The second kappa shape index (κ2) is 6.81. The SMILES string of the molecule is CCCc1nsc(NCCN(C)C(C)C)n1. The highest BCUT2D eigenvalue weighted by atomic mass is 32.1. The molecule has 1 aromatic rings. The number of anilines is 1. The van der Waals surface area contributed by atoms with Crippen molar-refractivity contribution in [1.29, 1.82) is 0 Å². The van der Waals surface area contributed by atoms with Crippen molar-refractivity contribution in [2.45, 2.75) is 39.7 Å². The highest BCUT2D eigenvalue weighted by Crippen LogP contribution is 2.11. The number of aryl methyl sites for hydroxylation is 1. The Morgan fingerprint density at radius 1 is 1.44 bits per heavy atom. The first kappa shape index (κ1) is 13.4. The zero-order chi connectivity index (χ0) is 12.0. The van der Waals surface area contributed by atoms with Crippen molar-refractivity contribution in [2.75, 3.05) is 25.5 Å². The fourth-order valence-corrected chi connectivity index (χ4v) is 1.89. The zero-order valence-corrected chi connectivity index (χ0v) is 11.5. The van der Waals surface area contributed by atoms with Gasteiger partial charge in [-0.3, -0.25) is 0 Å². The van der Waals surface area contributed by atoms with Gasteiger partial charge in [-0.25, -0.2) is 4.98 Å². The lowest BCUT2D eigenvalue weighted by Crippen LogP contribution is -2.31. The first-order chi connectivity index (χ1) is 7.63. The van der Waals surface area contributed by atoms with Crippen LogP contribution < -0.4 is 5.32 Å². The average Bonchev–Trinajstić information content (AvgIpc) is 2.66. The maximum atomic E-state index is 4.42. The Balaban J connectivity index is 2.26. The summed E-state index contributed by atoms with van der Waals surface area (Å²) in [4.78, 5) is 6.73. The third-order valence-electron chi connectivity index (χ3n) is 2.56. The van der Waals surface area contributed by atoms with E-state index in [1.165, 1.54) is 11.5 Å². The van der Waals surface area contributed by atoms with E-state index >= 15 is 0 Å². The van der Waals surface area contributed by atoms with Crippen LogP contribution in [0.4, 0.5) is 5.13 Å². The van der Waals surface area contributed by atoms with E-state index in [0.29, 0.717) is 6.04 Å². The molecule has 1 rings (SSSR count). The predicted molar refractivity (Wildman–Crippen MR) is 70.2 cm³/mol. The Kier molecular flexibility index (Phi) is 5.69. The van der Waals surface area contributed by atoms with E-state index in [4.69, 9.17) is 0 Å². The second-order valence-electron chi connectivity index (χ2n) is 4.27. The van der Waals surface area contributed by atoms with Crippen molar-refractivity contribution in [1.82, 2.24) is 14.3 Å². The summed E-state index contributed by atoms with van der Waals surface area (Å²) >= 11 is 1.46. The monoisotopic (exact) mass is 242 g/mol. The number of nitrogens with zero attached hydrogens (tertiary/aromatic N) is 3. The number of aromatic nitrogens is 2. The van der Waals surface area contributed by atoms with E-state index in [-0.39, 0.29) is 0 Å². The number of nitrogens with one attached hydrogen (secondary N) is 1. The van der Waals surface area contributed by atoms with E-state index in [0.717, 1.165) is 36.9 Å². The molecule has 0 aliphatic carbocycles. The minimum absolute atomic E-state index is 0.590. The molecule has 0 saturated heterocycles. The number of hydrogen-bond acceptors (Lipinski definition) is 5. The summed E-state index contributed by atoms with van der Waals surface area (Å²) in [6, 6.07) is 0.590. The summed E-state index contributed by atoms with van der Waals surface area (Å²) in [7, 11) is 2.13. The van der Waals surface area contributed by atoms with Crippen LogP contribution in [-0.4, -0.2) is 40.4 Å².